The molecule has 0 saturated heterocycles. The highest BCUT2D eigenvalue weighted by Crippen LogP contribution is 2.16. The van der Waals surface area contributed by atoms with E-state index in [1.165, 1.54) is 16.7 Å². The first-order chi connectivity index (χ1) is 8.04. The van der Waals surface area contributed by atoms with Gasteiger partial charge in [0.2, 0.25) is 0 Å². The fourth-order valence-corrected chi connectivity index (χ4v) is 2.17. The lowest BCUT2D eigenvalue weighted by molar-refractivity contribution is 0.699. The van der Waals surface area contributed by atoms with Crippen LogP contribution < -0.4 is 5.73 Å². The van der Waals surface area contributed by atoms with Crippen LogP contribution in [-0.2, 0) is 13.5 Å². The first-order valence-electron chi connectivity index (χ1n) is 5.85. The standard InChI is InChI=1S/C14H19N3/c1-10-4-11(2)6-12(5-10)7-13(15)14-8-17(3)9-16-14/h4-6,8-9,13H,7,15H2,1-3H3. The number of aryl methyl sites for hydroxylation is 3. The zero-order valence-electron chi connectivity index (χ0n) is 10.6. The van der Waals surface area contributed by atoms with E-state index in [9.17, 15) is 0 Å². The summed E-state index contributed by atoms with van der Waals surface area (Å²) in [7, 11) is 1.96. The molecule has 3 heteroatoms. The lowest BCUT2D eigenvalue weighted by Crippen LogP contribution is -2.14. The van der Waals surface area contributed by atoms with Gasteiger partial charge in [0.05, 0.1) is 18.1 Å². The molecule has 3 nitrogen and oxygen atoms in total. The zero-order valence-corrected chi connectivity index (χ0v) is 10.6. The van der Waals surface area contributed by atoms with Crippen molar-refractivity contribution in [1.82, 2.24) is 9.55 Å². The van der Waals surface area contributed by atoms with Crippen LogP contribution in [0.1, 0.15) is 28.4 Å². The summed E-state index contributed by atoms with van der Waals surface area (Å²) in [6, 6.07) is 6.53. The maximum atomic E-state index is 6.16. The second kappa shape index (κ2) is 4.72. The van der Waals surface area contributed by atoms with Crippen molar-refractivity contribution < 1.29 is 0 Å². The van der Waals surface area contributed by atoms with Crippen molar-refractivity contribution in [1.29, 1.82) is 0 Å². The molecule has 0 aliphatic rings. The van der Waals surface area contributed by atoms with Gasteiger partial charge >= 0.3 is 0 Å². The number of aromatic nitrogens is 2. The van der Waals surface area contributed by atoms with Gasteiger partial charge in [-0.25, -0.2) is 4.98 Å². The van der Waals surface area contributed by atoms with Gasteiger partial charge in [-0.2, -0.15) is 0 Å². The summed E-state index contributed by atoms with van der Waals surface area (Å²) in [5, 5.41) is 0. The summed E-state index contributed by atoms with van der Waals surface area (Å²) in [6.45, 7) is 4.23. The molecule has 1 aromatic heterocycles. The molecular weight excluding hydrogens is 210 g/mol. The van der Waals surface area contributed by atoms with E-state index >= 15 is 0 Å². The topological polar surface area (TPSA) is 43.8 Å². The number of nitrogens with two attached hydrogens (primary N) is 1. The van der Waals surface area contributed by atoms with Crippen LogP contribution in [0.4, 0.5) is 0 Å². The van der Waals surface area contributed by atoms with Gasteiger partial charge < -0.3 is 10.3 Å². The van der Waals surface area contributed by atoms with E-state index in [0.29, 0.717) is 0 Å². The molecule has 90 valence electrons. The largest absolute Gasteiger partial charge is 0.340 e. The van der Waals surface area contributed by atoms with Crippen LogP contribution in [0.25, 0.3) is 0 Å². The maximum absolute atomic E-state index is 6.16. The van der Waals surface area contributed by atoms with Gasteiger partial charge in [-0.15, -0.1) is 0 Å². The molecule has 0 radical (unpaired) electrons. The summed E-state index contributed by atoms with van der Waals surface area (Å²) < 4.78 is 1.93. The lowest BCUT2D eigenvalue weighted by Gasteiger charge is -2.10. The lowest BCUT2D eigenvalue weighted by atomic mass is 10.0. The van der Waals surface area contributed by atoms with Crippen LogP contribution in [0, 0.1) is 13.8 Å². The van der Waals surface area contributed by atoms with Crippen molar-refractivity contribution in [2.75, 3.05) is 0 Å². The van der Waals surface area contributed by atoms with Crippen molar-refractivity contribution in [3.63, 3.8) is 0 Å². The Labute approximate surface area is 102 Å². The van der Waals surface area contributed by atoms with Gasteiger partial charge in [0, 0.05) is 13.2 Å². The van der Waals surface area contributed by atoms with E-state index in [2.05, 4.69) is 37.0 Å². The molecule has 2 rings (SSSR count). The quantitative estimate of drug-likeness (QED) is 0.877. The molecule has 17 heavy (non-hydrogen) atoms. The van der Waals surface area contributed by atoms with Crippen LogP contribution in [0.15, 0.2) is 30.7 Å². The number of benzene rings is 1. The molecule has 2 aromatic rings. The molecule has 0 aliphatic carbocycles. The van der Waals surface area contributed by atoms with Gasteiger partial charge in [0.1, 0.15) is 0 Å². The highest BCUT2D eigenvalue weighted by atomic mass is 15.0. The Morgan fingerprint density at radius 3 is 2.41 bits per heavy atom. The molecule has 1 heterocycles. The Bertz CT molecular complexity index is 494. The van der Waals surface area contributed by atoms with Crippen LogP contribution in [0.3, 0.4) is 0 Å². The summed E-state index contributed by atoms with van der Waals surface area (Å²) in [5.74, 6) is 0. The Kier molecular flexibility index (Phi) is 3.29. The molecule has 0 saturated carbocycles. The predicted octanol–water partition coefficient (Wildman–Crippen LogP) is 2.28. The van der Waals surface area contributed by atoms with Gasteiger partial charge in [-0.1, -0.05) is 29.3 Å². The fourth-order valence-electron chi connectivity index (χ4n) is 2.17. The Morgan fingerprint density at radius 1 is 1.24 bits per heavy atom. The van der Waals surface area contributed by atoms with Gasteiger partial charge in [0.25, 0.3) is 0 Å². The summed E-state index contributed by atoms with van der Waals surface area (Å²) in [4.78, 5) is 4.29. The number of nitrogens with zero attached hydrogens (tertiary/aromatic N) is 2. The van der Waals surface area contributed by atoms with Crippen LogP contribution >= 0.6 is 0 Å². The predicted molar refractivity (Wildman–Crippen MR) is 69.8 cm³/mol. The Balaban J connectivity index is 2.15. The molecule has 0 spiro atoms. The molecule has 0 amide bonds. The highest BCUT2D eigenvalue weighted by Gasteiger charge is 2.10. The van der Waals surface area contributed by atoms with E-state index in [1.807, 2.05) is 17.8 Å². The van der Waals surface area contributed by atoms with Crippen LogP contribution in [-0.4, -0.2) is 9.55 Å². The van der Waals surface area contributed by atoms with E-state index in [4.69, 9.17) is 5.73 Å². The molecule has 1 atom stereocenters. The molecule has 0 aliphatic heterocycles. The second-order valence-electron chi connectivity index (χ2n) is 4.77. The third-order valence-corrected chi connectivity index (χ3v) is 2.84. The van der Waals surface area contributed by atoms with Crippen molar-refractivity contribution in [3.8, 4) is 0 Å². The smallest absolute Gasteiger partial charge is 0.0947 e. The summed E-state index contributed by atoms with van der Waals surface area (Å²) in [5.41, 5.74) is 11.0. The average molecular weight is 229 g/mol. The normalized spacial score (nSPS) is 12.7. The monoisotopic (exact) mass is 229 g/mol. The molecule has 0 bridgehead atoms. The van der Waals surface area contributed by atoms with Gasteiger partial charge in [-0.3, -0.25) is 0 Å². The number of hydrogen-bond acceptors (Lipinski definition) is 2. The summed E-state index contributed by atoms with van der Waals surface area (Å²) in [6.07, 6.45) is 4.60. The van der Waals surface area contributed by atoms with Crippen molar-refractivity contribution in [2.24, 2.45) is 12.8 Å². The minimum absolute atomic E-state index is 0.0302. The van der Waals surface area contributed by atoms with Crippen LogP contribution in [0.2, 0.25) is 0 Å². The third-order valence-electron chi connectivity index (χ3n) is 2.84. The highest BCUT2D eigenvalue weighted by molar-refractivity contribution is 5.29. The molecule has 1 unspecified atom stereocenters. The van der Waals surface area contributed by atoms with E-state index < -0.39 is 0 Å². The molecule has 2 N–H and O–H groups in total. The van der Waals surface area contributed by atoms with Crippen molar-refractivity contribution in [2.45, 2.75) is 26.3 Å². The molecule has 0 fully saturated rings. The molecule has 1 aromatic carbocycles. The minimum Gasteiger partial charge on any atom is -0.340 e. The SMILES string of the molecule is Cc1cc(C)cc(CC(N)c2cn(C)cn2)c1. The van der Waals surface area contributed by atoms with Crippen LogP contribution in [0.5, 0.6) is 0 Å². The molecular formula is C14H19N3. The summed E-state index contributed by atoms with van der Waals surface area (Å²) >= 11 is 0. The fraction of sp³-hybridized carbons (Fsp3) is 0.357. The maximum Gasteiger partial charge on any atom is 0.0947 e. The van der Waals surface area contributed by atoms with Gasteiger partial charge in [-0.05, 0) is 25.8 Å². The first kappa shape index (κ1) is 11.9. The first-order valence-corrected chi connectivity index (χ1v) is 5.85. The number of hydrogen-bond donors (Lipinski definition) is 1. The number of imidazole rings is 1. The van der Waals surface area contributed by atoms with Crippen molar-refractivity contribution in [3.05, 3.63) is 53.1 Å². The second-order valence-corrected chi connectivity index (χ2v) is 4.77. The minimum atomic E-state index is -0.0302. The Hall–Kier alpha value is -1.61. The number of rotatable bonds is 3. The van der Waals surface area contributed by atoms with E-state index in [1.54, 1.807) is 6.33 Å². The van der Waals surface area contributed by atoms with Crippen molar-refractivity contribution >= 4 is 0 Å². The average Bonchev–Trinajstić information content (AvgIpc) is 2.63. The van der Waals surface area contributed by atoms with E-state index in [-0.39, 0.29) is 6.04 Å². The van der Waals surface area contributed by atoms with E-state index in [0.717, 1.165) is 12.1 Å². The zero-order chi connectivity index (χ0) is 12.4. The Morgan fingerprint density at radius 2 is 1.88 bits per heavy atom. The van der Waals surface area contributed by atoms with Gasteiger partial charge in [0.15, 0.2) is 0 Å². The third kappa shape index (κ3) is 2.94.